The lowest BCUT2D eigenvalue weighted by atomic mass is 10.1. The van der Waals surface area contributed by atoms with Gasteiger partial charge >= 0.3 is 0 Å². The molecule has 4 nitrogen and oxygen atoms in total. The summed E-state index contributed by atoms with van der Waals surface area (Å²) in [4.78, 5) is 27.9. The number of hydrogen-bond acceptors (Lipinski definition) is 2. The minimum Gasteiger partial charge on any atom is -0.318 e. The van der Waals surface area contributed by atoms with E-state index in [9.17, 15) is 9.59 Å². The van der Waals surface area contributed by atoms with Gasteiger partial charge in [-0.2, -0.15) is 0 Å². The number of nitrogens with one attached hydrogen (secondary N) is 1. The van der Waals surface area contributed by atoms with Crippen LogP contribution in [0.2, 0.25) is 0 Å². The molecule has 1 heterocycles. The molecule has 0 saturated heterocycles. The predicted octanol–water partition coefficient (Wildman–Crippen LogP) is 2.35. The number of amides is 1. The first-order valence-electron chi connectivity index (χ1n) is 6.20. The number of pyridine rings is 1. The second-order valence-corrected chi connectivity index (χ2v) is 4.26. The number of aromatic amines is 1. The quantitative estimate of drug-likeness (QED) is 0.916. The van der Waals surface area contributed by atoms with Crippen molar-refractivity contribution in [2.75, 3.05) is 11.4 Å². The molecule has 0 aliphatic carbocycles. The van der Waals surface area contributed by atoms with E-state index in [1.165, 1.54) is 6.07 Å². The Hall–Kier alpha value is -2.36. The monoisotopic (exact) mass is 256 g/mol. The maximum absolute atomic E-state index is 12.4. The Labute approximate surface area is 111 Å². The molecule has 1 N–H and O–H groups in total. The normalized spacial score (nSPS) is 10.2. The Kier molecular flexibility index (Phi) is 3.80. The Balaban J connectivity index is 2.41. The smallest absolute Gasteiger partial charge is 0.274 e. The Morgan fingerprint density at radius 1 is 1.16 bits per heavy atom. The van der Waals surface area contributed by atoms with Crippen LogP contribution in [0.25, 0.3) is 0 Å². The molecule has 0 unspecified atom stereocenters. The van der Waals surface area contributed by atoms with Gasteiger partial charge in [-0.05, 0) is 31.5 Å². The molecule has 2 aromatic rings. The summed E-state index contributed by atoms with van der Waals surface area (Å²) in [6.45, 7) is 4.41. The van der Waals surface area contributed by atoms with Crippen molar-refractivity contribution in [3.8, 4) is 0 Å². The molecule has 0 fully saturated rings. The average molecular weight is 256 g/mol. The summed E-state index contributed by atoms with van der Waals surface area (Å²) in [5.41, 5.74) is 1.92. The largest absolute Gasteiger partial charge is 0.318 e. The van der Waals surface area contributed by atoms with Gasteiger partial charge in [0.2, 0.25) is 5.56 Å². The number of aryl methyl sites for hydroxylation is 1. The highest BCUT2D eigenvalue weighted by Crippen LogP contribution is 2.20. The number of para-hydroxylation sites is 1. The number of rotatable bonds is 3. The first-order chi connectivity index (χ1) is 9.13. The Bertz CT molecular complexity index is 646. The maximum atomic E-state index is 12.4. The molecular weight excluding hydrogens is 240 g/mol. The number of anilines is 1. The van der Waals surface area contributed by atoms with Crippen LogP contribution >= 0.6 is 0 Å². The van der Waals surface area contributed by atoms with Crippen LogP contribution in [0.4, 0.5) is 5.69 Å². The maximum Gasteiger partial charge on any atom is 0.274 e. The molecule has 0 aliphatic heterocycles. The van der Waals surface area contributed by atoms with Crippen molar-refractivity contribution in [3.63, 3.8) is 0 Å². The van der Waals surface area contributed by atoms with Gasteiger partial charge in [0, 0.05) is 18.3 Å². The molecule has 19 heavy (non-hydrogen) atoms. The molecule has 0 saturated carbocycles. The number of carbonyl (C=O) groups is 1. The lowest BCUT2D eigenvalue weighted by Gasteiger charge is -2.22. The molecule has 0 spiro atoms. The van der Waals surface area contributed by atoms with Crippen LogP contribution in [-0.2, 0) is 0 Å². The first kappa shape index (κ1) is 13.1. The summed E-state index contributed by atoms with van der Waals surface area (Å²) in [6.07, 6.45) is 0. The summed E-state index contributed by atoms with van der Waals surface area (Å²) >= 11 is 0. The van der Waals surface area contributed by atoms with Gasteiger partial charge in [0.15, 0.2) is 0 Å². The van der Waals surface area contributed by atoms with Crippen LogP contribution in [0.5, 0.6) is 0 Å². The van der Waals surface area contributed by atoms with Gasteiger partial charge in [0.05, 0.1) is 0 Å². The minimum atomic E-state index is -0.272. The van der Waals surface area contributed by atoms with Gasteiger partial charge in [0.25, 0.3) is 5.91 Å². The van der Waals surface area contributed by atoms with Crippen molar-refractivity contribution >= 4 is 11.6 Å². The third-order valence-electron chi connectivity index (χ3n) is 2.97. The number of H-pyrrole nitrogens is 1. The molecule has 2 rings (SSSR count). The van der Waals surface area contributed by atoms with E-state index in [0.717, 1.165) is 11.3 Å². The van der Waals surface area contributed by atoms with Crippen LogP contribution in [0.15, 0.2) is 47.3 Å². The van der Waals surface area contributed by atoms with Gasteiger partial charge in [-0.3, -0.25) is 9.59 Å². The summed E-state index contributed by atoms with van der Waals surface area (Å²) in [5, 5.41) is 0. The lowest BCUT2D eigenvalue weighted by Crippen LogP contribution is -2.32. The van der Waals surface area contributed by atoms with E-state index in [0.29, 0.717) is 12.2 Å². The molecule has 1 aromatic heterocycles. The van der Waals surface area contributed by atoms with Crippen LogP contribution in [0, 0.1) is 6.92 Å². The molecule has 0 aliphatic rings. The fourth-order valence-electron chi connectivity index (χ4n) is 2.01. The van der Waals surface area contributed by atoms with E-state index < -0.39 is 0 Å². The van der Waals surface area contributed by atoms with E-state index in [1.807, 2.05) is 38.1 Å². The highest BCUT2D eigenvalue weighted by molar-refractivity contribution is 6.05. The van der Waals surface area contributed by atoms with E-state index in [-0.39, 0.29) is 11.5 Å². The van der Waals surface area contributed by atoms with Crippen LogP contribution in [0.3, 0.4) is 0 Å². The Morgan fingerprint density at radius 2 is 1.89 bits per heavy atom. The standard InChI is InChI=1S/C15H16N2O2/c1-3-17(13-9-5-4-7-11(13)2)15(19)12-8-6-10-14(18)16-12/h4-10H,3H2,1-2H3,(H,16,18). The van der Waals surface area contributed by atoms with Crippen molar-refractivity contribution in [2.24, 2.45) is 0 Å². The Morgan fingerprint density at radius 3 is 2.53 bits per heavy atom. The van der Waals surface area contributed by atoms with Gasteiger partial charge < -0.3 is 9.88 Å². The van der Waals surface area contributed by atoms with E-state index in [4.69, 9.17) is 0 Å². The zero-order valence-corrected chi connectivity index (χ0v) is 11.0. The van der Waals surface area contributed by atoms with Gasteiger partial charge in [0.1, 0.15) is 5.69 Å². The topological polar surface area (TPSA) is 53.2 Å². The number of hydrogen-bond donors (Lipinski definition) is 1. The van der Waals surface area contributed by atoms with Crippen molar-refractivity contribution in [1.82, 2.24) is 4.98 Å². The fourth-order valence-corrected chi connectivity index (χ4v) is 2.01. The summed E-state index contributed by atoms with van der Waals surface area (Å²) < 4.78 is 0. The summed E-state index contributed by atoms with van der Waals surface area (Å²) in [5.74, 6) is -0.200. The average Bonchev–Trinajstić information content (AvgIpc) is 2.41. The minimum absolute atomic E-state index is 0.200. The number of benzene rings is 1. The zero-order valence-electron chi connectivity index (χ0n) is 11.0. The van der Waals surface area contributed by atoms with Crippen molar-refractivity contribution < 1.29 is 4.79 Å². The highest BCUT2D eigenvalue weighted by atomic mass is 16.2. The molecular formula is C15H16N2O2. The third-order valence-corrected chi connectivity index (χ3v) is 2.97. The second kappa shape index (κ2) is 5.52. The van der Waals surface area contributed by atoms with Crippen LogP contribution in [0.1, 0.15) is 23.0 Å². The zero-order chi connectivity index (χ0) is 13.8. The van der Waals surface area contributed by atoms with Crippen molar-refractivity contribution in [2.45, 2.75) is 13.8 Å². The van der Waals surface area contributed by atoms with Gasteiger partial charge in [-0.1, -0.05) is 24.3 Å². The molecule has 4 heteroatoms. The fraction of sp³-hybridized carbons (Fsp3) is 0.200. The molecule has 0 radical (unpaired) electrons. The predicted molar refractivity (Wildman–Crippen MR) is 75.6 cm³/mol. The van der Waals surface area contributed by atoms with Crippen LogP contribution in [-0.4, -0.2) is 17.4 Å². The van der Waals surface area contributed by atoms with Crippen molar-refractivity contribution in [1.29, 1.82) is 0 Å². The third kappa shape index (κ3) is 2.73. The van der Waals surface area contributed by atoms with E-state index in [1.54, 1.807) is 17.0 Å². The summed E-state index contributed by atoms with van der Waals surface area (Å²) in [7, 11) is 0. The van der Waals surface area contributed by atoms with E-state index >= 15 is 0 Å². The summed E-state index contributed by atoms with van der Waals surface area (Å²) in [6, 6.07) is 12.3. The van der Waals surface area contributed by atoms with Gasteiger partial charge in [-0.15, -0.1) is 0 Å². The molecule has 1 aromatic carbocycles. The second-order valence-electron chi connectivity index (χ2n) is 4.26. The lowest BCUT2D eigenvalue weighted by molar-refractivity contribution is 0.0983. The molecule has 1 amide bonds. The number of nitrogens with zero attached hydrogens (tertiary/aromatic N) is 1. The molecule has 0 bridgehead atoms. The first-order valence-corrected chi connectivity index (χ1v) is 6.20. The van der Waals surface area contributed by atoms with Crippen molar-refractivity contribution in [3.05, 3.63) is 64.1 Å². The number of carbonyl (C=O) groups excluding carboxylic acids is 1. The molecule has 98 valence electrons. The number of aromatic nitrogens is 1. The molecule has 0 atom stereocenters. The van der Waals surface area contributed by atoms with Gasteiger partial charge in [-0.25, -0.2) is 0 Å². The van der Waals surface area contributed by atoms with E-state index in [2.05, 4.69) is 4.98 Å². The SMILES string of the molecule is CCN(C(=O)c1cccc(=O)[nH]1)c1ccccc1C. The van der Waals surface area contributed by atoms with Crippen LogP contribution < -0.4 is 10.5 Å². The highest BCUT2D eigenvalue weighted by Gasteiger charge is 2.17.